The monoisotopic (exact) mass is 201 g/mol. The van der Waals surface area contributed by atoms with Gasteiger partial charge in [0.2, 0.25) is 0 Å². The number of phenolic OH excluding ortho intramolecular Hbond substituents is 1. The van der Waals surface area contributed by atoms with Crippen molar-refractivity contribution in [3.05, 3.63) is 54.4 Å². The Morgan fingerprint density at radius 1 is 1.07 bits per heavy atom. The van der Waals surface area contributed by atoms with E-state index in [0.29, 0.717) is 12.3 Å². The van der Waals surface area contributed by atoms with E-state index in [-0.39, 0.29) is 0 Å². The van der Waals surface area contributed by atoms with Crippen LogP contribution in [0.5, 0.6) is 5.75 Å². The van der Waals surface area contributed by atoms with Gasteiger partial charge in [-0.25, -0.2) is 4.98 Å². The van der Waals surface area contributed by atoms with Crippen LogP contribution >= 0.6 is 0 Å². The molecule has 0 unspecified atom stereocenters. The van der Waals surface area contributed by atoms with Gasteiger partial charge < -0.3 is 10.4 Å². The summed E-state index contributed by atoms with van der Waals surface area (Å²) in [5, 5.41) is 12.8. The van der Waals surface area contributed by atoms with Gasteiger partial charge in [0, 0.05) is 29.9 Å². The fraction of sp³-hybridized carbons (Fsp3) is 0.0833. The third-order valence-corrected chi connectivity index (χ3v) is 2.19. The molecule has 0 aliphatic rings. The first-order chi connectivity index (χ1) is 7.36. The van der Waals surface area contributed by atoms with Crippen LogP contribution in [0.1, 0.15) is 5.56 Å². The minimum absolute atomic E-state index is 0.326. The second kappa shape index (κ2) is 4.46. The maximum Gasteiger partial charge on any atom is 0.169 e. The summed E-state index contributed by atoms with van der Waals surface area (Å²) in [6.45, 7) is 0.622. The molecule has 0 spiro atoms. The van der Waals surface area contributed by atoms with Gasteiger partial charge in [-0.15, -0.1) is 0 Å². The van der Waals surface area contributed by atoms with E-state index in [9.17, 15) is 5.11 Å². The van der Waals surface area contributed by atoms with Gasteiger partial charge in [0.1, 0.15) is 5.75 Å². The van der Waals surface area contributed by atoms with E-state index in [1.54, 1.807) is 6.07 Å². The summed E-state index contributed by atoms with van der Waals surface area (Å²) in [6, 6.07) is 11.2. The maximum atomic E-state index is 9.54. The zero-order valence-electron chi connectivity index (χ0n) is 8.27. The van der Waals surface area contributed by atoms with E-state index < -0.39 is 0 Å². The van der Waals surface area contributed by atoms with Crippen LogP contribution in [0.25, 0.3) is 0 Å². The van der Waals surface area contributed by atoms with Crippen LogP contribution < -0.4 is 10.3 Å². The van der Waals surface area contributed by atoms with Crippen LogP contribution in [0.2, 0.25) is 0 Å². The highest BCUT2D eigenvalue weighted by atomic mass is 16.3. The molecule has 76 valence electrons. The first kappa shape index (κ1) is 9.52. The lowest BCUT2D eigenvalue weighted by Crippen LogP contribution is -2.03. The van der Waals surface area contributed by atoms with Gasteiger partial charge in [0.25, 0.3) is 0 Å². The van der Waals surface area contributed by atoms with E-state index in [0.717, 1.165) is 11.3 Å². The molecule has 0 bridgehead atoms. The number of hydrogen-bond donors (Lipinski definition) is 2. The zero-order chi connectivity index (χ0) is 10.5. The number of aromatic nitrogens is 1. The van der Waals surface area contributed by atoms with Crippen molar-refractivity contribution in [3.8, 4) is 5.75 Å². The molecule has 0 fully saturated rings. The molecule has 2 rings (SSSR count). The van der Waals surface area contributed by atoms with Gasteiger partial charge >= 0.3 is 0 Å². The average Bonchev–Trinajstić information content (AvgIpc) is 2.29. The number of aromatic amines is 1. The zero-order valence-corrected chi connectivity index (χ0v) is 8.27. The molecule has 1 aromatic carbocycles. The third-order valence-electron chi connectivity index (χ3n) is 2.19. The number of nitrogens with one attached hydrogen (secondary N) is 2. The Hall–Kier alpha value is -2.03. The van der Waals surface area contributed by atoms with Gasteiger partial charge in [0.05, 0.1) is 0 Å². The molecular formula is C12H13N2O+. The number of benzene rings is 1. The van der Waals surface area contributed by atoms with Gasteiger partial charge in [0.15, 0.2) is 12.4 Å². The van der Waals surface area contributed by atoms with Gasteiger partial charge in [-0.05, 0) is 6.07 Å². The Labute approximate surface area is 88.4 Å². The molecule has 0 aliphatic heterocycles. The largest absolute Gasteiger partial charge is 0.508 e. The maximum absolute atomic E-state index is 9.54. The van der Waals surface area contributed by atoms with Gasteiger partial charge in [-0.1, -0.05) is 18.2 Å². The van der Waals surface area contributed by atoms with Crippen molar-refractivity contribution in [1.82, 2.24) is 0 Å². The van der Waals surface area contributed by atoms with Gasteiger partial charge in [-0.3, -0.25) is 0 Å². The number of anilines is 1. The van der Waals surface area contributed by atoms with E-state index in [2.05, 4.69) is 10.3 Å². The first-order valence-electron chi connectivity index (χ1n) is 4.83. The molecule has 0 aliphatic carbocycles. The molecule has 3 heteroatoms. The van der Waals surface area contributed by atoms with Crippen molar-refractivity contribution in [2.75, 3.05) is 5.32 Å². The van der Waals surface area contributed by atoms with Crippen molar-refractivity contribution in [3.63, 3.8) is 0 Å². The minimum atomic E-state index is 0.326. The standard InChI is InChI=1S/C12H12N2O/c15-12-4-2-1-3-10(12)9-14-11-5-7-13-8-6-11/h1-8,15H,9H2,(H,13,14)/p+1. The minimum Gasteiger partial charge on any atom is -0.508 e. The summed E-state index contributed by atoms with van der Waals surface area (Å²) in [5.74, 6) is 0.326. The quantitative estimate of drug-likeness (QED) is 0.795. The fourth-order valence-corrected chi connectivity index (χ4v) is 1.36. The first-order valence-corrected chi connectivity index (χ1v) is 4.83. The van der Waals surface area contributed by atoms with Crippen molar-refractivity contribution in [2.24, 2.45) is 0 Å². The average molecular weight is 201 g/mol. The SMILES string of the molecule is Oc1ccccc1CNc1cc[nH+]cc1. The Bertz CT molecular complexity index is 429. The van der Waals surface area contributed by atoms with Crippen molar-refractivity contribution >= 4 is 5.69 Å². The predicted octanol–water partition coefficient (Wildman–Crippen LogP) is 1.82. The van der Waals surface area contributed by atoms with Crippen LogP contribution in [0, 0.1) is 0 Å². The number of H-pyrrole nitrogens is 1. The molecular weight excluding hydrogens is 188 g/mol. The number of aromatic hydroxyl groups is 1. The molecule has 0 radical (unpaired) electrons. The molecule has 0 saturated carbocycles. The second-order valence-corrected chi connectivity index (χ2v) is 3.27. The second-order valence-electron chi connectivity index (χ2n) is 3.27. The Kier molecular flexibility index (Phi) is 2.83. The molecule has 1 heterocycles. The normalized spacial score (nSPS) is 9.87. The lowest BCUT2D eigenvalue weighted by atomic mass is 10.2. The number of pyridine rings is 1. The molecule has 0 amide bonds. The van der Waals surface area contributed by atoms with Gasteiger partial charge in [-0.2, -0.15) is 0 Å². The summed E-state index contributed by atoms with van der Waals surface area (Å²) in [7, 11) is 0. The summed E-state index contributed by atoms with van der Waals surface area (Å²) >= 11 is 0. The molecule has 2 aromatic rings. The summed E-state index contributed by atoms with van der Waals surface area (Å²) in [5.41, 5.74) is 1.92. The fourth-order valence-electron chi connectivity index (χ4n) is 1.36. The molecule has 3 nitrogen and oxygen atoms in total. The highest BCUT2D eigenvalue weighted by Gasteiger charge is 1.99. The third kappa shape index (κ3) is 2.47. The number of para-hydroxylation sites is 1. The molecule has 1 aromatic heterocycles. The predicted molar refractivity (Wildman–Crippen MR) is 58.4 cm³/mol. The van der Waals surface area contributed by atoms with E-state index in [1.807, 2.05) is 42.7 Å². The lowest BCUT2D eigenvalue weighted by Gasteiger charge is -2.06. The molecule has 3 N–H and O–H groups in total. The van der Waals surface area contributed by atoms with Crippen LogP contribution in [-0.4, -0.2) is 5.11 Å². The molecule has 0 saturated heterocycles. The number of phenols is 1. The smallest absolute Gasteiger partial charge is 0.169 e. The topological polar surface area (TPSA) is 46.4 Å². The Balaban J connectivity index is 2.03. The van der Waals surface area contributed by atoms with Crippen LogP contribution in [0.3, 0.4) is 0 Å². The van der Waals surface area contributed by atoms with E-state index in [4.69, 9.17) is 0 Å². The summed E-state index contributed by atoms with van der Waals surface area (Å²) in [6.07, 6.45) is 3.71. The van der Waals surface area contributed by atoms with Crippen molar-refractivity contribution in [1.29, 1.82) is 0 Å². The van der Waals surface area contributed by atoms with Crippen LogP contribution in [0.4, 0.5) is 5.69 Å². The van der Waals surface area contributed by atoms with Crippen LogP contribution in [-0.2, 0) is 6.54 Å². The number of hydrogen-bond acceptors (Lipinski definition) is 2. The molecule has 15 heavy (non-hydrogen) atoms. The number of rotatable bonds is 3. The highest BCUT2D eigenvalue weighted by Crippen LogP contribution is 2.16. The van der Waals surface area contributed by atoms with Crippen molar-refractivity contribution in [2.45, 2.75) is 6.54 Å². The van der Waals surface area contributed by atoms with E-state index >= 15 is 0 Å². The summed E-state index contributed by atoms with van der Waals surface area (Å²) < 4.78 is 0. The Morgan fingerprint density at radius 2 is 1.80 bits per heavy atom. The highest BCUT2D eigenvalue weighted by molar-refractivity contribution is 5.42. The van der Waals surface area contributed by atoms with E-state index in [1.165, 1.54) is 0 Å². The summed E-state index contributed by atoms with van der Waals surface area (Å²) in [4.78, 5) is 2.95. The van der Waals surface area contributed by atoms with Crippen LogP contribution in [0.15, 0.2) is 48.8 Å². The lowest BCUT2D eigenvalue weighted by molar-refractivity contribution is -0.377. The Morgan fingerprint density at radius 3 is 2.53 bits per heavy atom. The molecule has 0 atom stereocenters. The van der Waals surface area contributed by atoms with Crippen molar-refractivity contribution < 1.29 is 10.1 Å².